The topological polar surface area (TPSA) is 20.2 Å². The molecular weight excluding hydrogens is 207 g/mol. The quantitative estimate of drug-likeness (QED) is 0.332. The van der Waals surface area contributed by atoms with E-state index in [9.17, 15) is 0 Å². The molecule has 0 saturated heterocycles. The van der Waals surface area contributed by atoms with E-state index in [1.807, 2.05) is 0 Å². The fraction of sp³-hybridized carbons (Fsp3) is 0.857. The molecule has 0 spiro atoms. The largest absolute Gasteiger partial charge is 1.00 e. The minimum atomic E-state index is 0. The Morgan fingerprint density at radius 3 is 1.62 bits per heavy atom. The maximum atomic E-state index is 8.88. The zero-order valence-corrected chi connectivity index (χ0v) is 13.4. The van der Waals surface area contributed by atoms with Crippen LogP contribution in [0.1, 0.15) is 79.0 Å². The molecule has 0 aliphatic rings. The van der Waals surface area contributed by atoms with E-state index in [2.05, 4.69) is 13.5 Å². The predicted octanol–water partition coefficient (Wildman–Crippen LogP) is 2.49. The zero-order chi connectivity index (χ0) is 11.4. The van der Waals surface area contributed by atoms with E-state index in [1.165, 1.54) is 57.8 Å². The van der Waals surface area contributed by atoms with E-state index in [0.717, 1.165) is 12.8 Å². The third-order valence-corrected chi connectivity index (χ3v) is 2.82. The SMILES string of the molecule is C=C(O)CCCCCCCCCCCC.[H-].[Na+]. The Morgan fingerprint density at radius 2 is 1.25 bits per heavy atom. The van der Waals surface area contributed by atoms with Crippen LogP contribution in [0.25, 0.3) is 0 Å². The number of unbranched alkanes of at least 4 members (excludes halogenated alkanes) is 9. The molecule has 0 rings (SSSR count). The van der Waals surface area contributed by atoms with Gasteiger partial charge in [-0.25, -0.2) is 0 Å². The van der Waals surface area contributed by atoms with Crippen molar-refractivity contribution in [2.24, 2.45) is 0 Å². The number of rotatable bonds is 11. The minimum Gasteiger partial charge on any atom is -1.00 e. The second kappa shape index (κ2) is 15.5. The second-order valence-electron chi connectivity index (χ2n) is 4.50. The van der Waals surface area contributed by atoms with Gasteiger partial charge in [-0.1, -0.05) is 71.3 Å². The first-order chi connectivity index (χ1) is 7.27. The summed E-state index contributed by atoms with van der Waals surface area (Å²) >= 11 is 0. The summed E-state index contributed by atoms with van der Waals surface area (Å²) in [5.74, 6) is 0.342. The third-order valence-electron chi connectivity index (χ3n) is 2.82. The van der Waals surface area contributed by atoms with Crippen molar-refractivity contribution in [2.75, 3.05) is 0 Å². The van der Waals surface area contributed by atoms with Crippen molar-refractivity contribution in [2.45, 2.75) is 77.6 Å². The van der Waals surface area contributed by atoms with Crippen LogP contribution in [0.4, 0.5) is 0 Å². The molecule has 1 nitrogen and oxygen atoms in total. The van der Waals surface area contributed by atoms with Gasteiger partial charge >= 0.3 is 29.6 Å². The van der Waals surface area contributed by atoms with E-state index in [0.29, 0.717) is 5.76 Å². The monoisotopic (exact) mass is 236 g/mol. The molecule has 0 radical (unpaired) electrons. The summed E-state index contributed by atoms with van der Waals surface area (Å²) in [7, 11) is 0. The van der Waals surface area contributed by atoms with Crippen LogP contribution in [-0.4, -0.2) is 5.11 Å². The van der Waals surface area contributed by atoms with E-state index in [4.69, 9.17) is 5.11 Å². The van der Waals surface area contributed by atoms with E-state index < -0.39 is 0 Å². The molecule has 0 fully saturated rings. The normalized spacial score (nSPS) is 9.81. The molecule has 0 aliphatic carbocycles. The Kier molecular flexibility index (Phi) is 18.4. The van der Waals surface area contributed by atoms with Gasteiger partial charge in [0.1, 0.15) is 0 Å². The Balaban J connectivity index is -0.000000980. The average Bonchev–Trinajstić information content (AvgIpc) is 2.20. The molecule has 92 valence electrons. The molecule has 0 amide bonds. The summed E-state index contributed by atoms with van der Waals surface area (Å²) in [5, 5.41) is 8.88. The molecular formula is C14H29NaO. The van der Waals surface area contributed by atoms with Crippen molar-refractivity contribution in [1.82, 2.24) is 0 Å². The van der Waals surface area contributed by atoms with Crippen LogP contribution in [0.5, 0.6) is 0 Å². The zero-order valence-electron chi connectivity index (χ0n) is 12.4. The Labute approximate surface area is 125 Å². The molecule has 0 unspecified atom stereocenters. The van der Waals surface area contributed by atoms with Gasteiger partial charge in [-0.2, -0.15) is 0 Å². The molecule has 0 aromatic rings. The van der Waals surface area contributed by atoms with Gasteiger partial charge in [0.15, 0.2) is 0 Å². The van der Waals surface area contributed by atoms with Gasteiger partial charge in [0.25, 0.3) is 0 Å². The van der Waals surface area contributed by atoms with Crippen molar-refractivity contribution >= 4 is 0 Å². The summed E-state index contributed by atoms with van der Waals surface area (Å²) in [5.41, 5.74) is 0. The number of hydrogen-bond donors (Lipinski definition) is 1. The number of allylic oxidation sites excluding steroid dienone is 1. The molecule has 0 aliphatic heterocycles. The molecule has 0 bridgehead atoms. The average molecular weight is 236 g/mol. The molecule has 0 heterocycles. The standard InChI is InChI=1S/C14H28O.Na.H/c1-3-4-5-6-7-8-9-10-11-12-13-14(2)15;;/h15H,2-13H2,1H3;;/q;+1;-1. The van der Waals surface area contributed by atoms with Crippen LogP contribution < -0.4 is 29.6 Å². The van der Waals surface area contributed by atoms with Gasteiger partial charge in [0.2, 0.25) is 0 Å². The van der Waals surface area contributed by atoms with Gasteiger partial charge in [-0.15, -0.1) is 0 Å². The van der Waals surface area contributed by atoms with Crippen molar-refractivity contribution in [3.05, 3.63) is 12.3 Å². The molecule has 1 N–H and O–H groups in total. The van der Waals surface area contributed by atoms with Crippen molar-refractivity contribution in [1.29, 1.82) is 0 Å². The summed E-state index contributed by atoms with van der Waals surface area (Å²) in [6, 6.07) is 0. The molecule has 16 heavy (non-hydrogen) atoms. The summed E-state index contributed by atoms with van der Waals surface area (Å²) in [4.78, 5) is 0. The van der Waals surface area contributed by atoms with Crippen LogP contribution in [0.2, 0.25) is 0 Å². The van der Waals surface area contributed by atoms with Crippen molar-refractivity contribution < 1.29 is 36.1 Å². The predicted molar refractivity (Wildman–Crippen MR) is 69.3 cm³/mol. The van der Waals surface area contributed by atoms with Gasteiger partial charge in [0.05, 0.1) is 5.76 Å². The van der Waals surface area contributed by atoms with Gasteiger partial charge in [0, 0.05) is 6.42 Å². The third kappa shape index (κ3) is 17.0. The molecule has 0 aromatic carbocycles. The number of aliphatic hydroxyl groups excluding tert-OH is 1. The molecule has 2 heteroatoms. The van der Waals surface area contributed by atoms with Crippen LogP contribution >= 0.6 is 0 Å². The maximum absolute atomic E-state index is 8.88. The van der Waals surface area contributed by atoms with Crippen LogP contribution in [0, 0.1) is 0 Å². The summed E-state index contributed by atoms with van der Waals surface area (Å²) in [6.45, 7) is 5.75. The Morgan fingerprint density at radius 1 is 0.875 bits per heavy atom. The first-order valence-corrected chi connectivity index (χ1v) is 6.64. The van der Waals surface area contributed by atoms with Gasteiger partial charge < -0.3 is 6.53 Å². The van der Waals surface area contributed by atoms with E-state index in [-0.39, 0.29) is 31.0 Å². The molecule has 0 aromatic heterocycles. The summed E-state index contributed by atoms with van der Waals surface area (Å²) < 4.78 is 0. The van der Waals surface area contributed by atoms with Crippen LogP contribution in [-0.2, 0) is 0 Å². The van der Waals surface area contributed by atoms with Gasteiger partial charge in [-0.05, 0) is 6.42 Å². The van der Waals surface area contributed by atoms with Crippen LogP contribution in [0.3, 0.4) is 0 Å². The maximum Gasteiger partial charge on any atom is 1.00 e. The Hall–Kier alpha value is 0.540. The van der Waals surface area contributed by atoms with E-state index >= 15 is 0 Å². The molecule has 0 atom stereocenters. The fourth-order valence-electron chi connectivity index (χ4n) is 1.82. The van der Waals surface area contributed by atoms with E-state index in [1.54, 1.807) is 0 Å². The summed E-state index contributed by atoms with van der Waals surface area (Å²) in [6.07, 6.45) is 14.2. The Bertz CT molecular complexity index is 151. The van der Waals surface area contributed by atoms with Crippen molar-refractivity contribution in [3.63, 3.8) is 0 Å². The minimum absolute atomic E-state index is 0. The molecule has 0 saturated carbocycles. The second-order valence-corrected chi connectivity index (χ2v) is 4.50. The van der Waals surface area contributed by atoms with Gasteiger partial charge in [-0.3, -0.25) is 0 Å². The smallest absolute Gasteiger partial charge is 1.00 e. The first kappa shape index (κ1) is 18.9. The van der Waals surface area contributed by atoms with Crippen molar-refractivity contribution in [3.8, 4) is 0 Å². The fourth-order valence-corrected chi connectivity index (χ4v) is 1.82. The number of hydrogen-bond acceptors (Lipinski definition) is 1. The number of aliphatic hydroxyl groups is 1. The first-order valence-electron chi connectivity index (χ1n) is 6.64. The van der Waals surface area contributed by atoms with Crippen LogP contribution in [0.15, 0.2) is 12.3 Å².